The minimum absolute atomic E-state index is 0.167. The van der Waals surface area contributed by atoms with E-state index in [0.717, 1.165) is 16.0 Å². The fourth-order valence-corrected chi connectivity index (χ4v) is 3.36. The zero-order chi connectivity index (χ0) is 16.1. The first-order valence-electron chi connectivity index (χ1n) is 6.80. The Morgan fingerprint density at radius 3 is 2.55 bits per heavy atom. The second kappa shape index (κ2) is 7.42. The standard InChI is InChI=1S/C16H16ClNO3S/c1-3-21-16(20)13-10(2)14(11-7-5-4-6-8-11)22-15(13)18-12(19)9-17/h4-8H,3,9H2,1-2H3,(H,18,19). The van der Waals surface area contributed by atoms with Crippen molar-refractivity contribution in [2.45, 2.75) is 13.8 Å². The molecule has 0 saturated heterocycles. The van der Waals surface area contributed by atoms with Gasteiger partial charge in [-0.25, -0.2) is 4.79 Å². The van der Waals surface area contributed by atoms with Gasteiger partial charge in [-0.05, 0) is 25.0 Å². The molecule has 2 rings (SSSR count). The minimum atomic E-state index is -0.441. The van der Waals surface area contributed by atoms with Gasteiger partial charge >= 0.3 is 5.97 Å². The predicted molar refractivity (Wildman–Crippen MR) is 89.8 cm³/mol. The summed E-state index contributed by atoms with van der Waals surface area (Å²) in [6.07, 6.45) is 0. The number of amides is 1. The lowest BCUT2D eigenvalue weighted by molar-refractivity contribution is -0.113. The molecule has 1 heterocycles. The van der Waals surface area contributed by atoms with Gasteiger partial charge in [0, 0.05) is 4.88 Å². The number of alkyl halides is 1. The number of carbonyl (C=O) groups is 2. The largest absolute Gasteiger partial charge is 0.462 e. The maximum atomic E-state index is 12.2. The number of carbonyl (C=O) groups excluding carboxylic acids is 2. The van der Waals surface area contributed by atoms with Crippen molar-refractivity contribution in [2.75, 3.05) is 17.8 Å². The summed E-state index contributed by atoms with van der Waals surface area (Å²) >= 11 is 6.88. The maximum Gasteiger partial charge on any atom is 0.341 e. The Bertz CT molecular complexity index is 682. The topological polar surface area (TPSA) is 55.4 Å². The lowest BCUT2D eigenvalue weighted by Gasteiger charge is -2.05. The van der Waals surface area contributed by atoms with E-state index in [2.05, 4.69) is 5.32 Å². The fourth-order valence-electron chi connectivity index (χ4n) is 2.08. The molecule has 0 aliphatic carbocycles. The number of benzene rings is 1. The summed E-state index contributed by atoms with van der Waals surface area (Å²) in [5, 5.41) is 3.15. The SMILES string of the molecule is CCOC(=O)c1c(NC(=O)CCl)sc(-c2ccccc2)c1C. The van der Waals surface area contributed by atoms with Gasteiger partial charge in [0.1, 0.15) is 10.9 Å². The minimum Gasteiger partial charge on any atom is -0.462 e. The zero-order valence-corrected chi connectivity index (χ0v) is 13.9. The van der Waals surface area contributed by atoms with Crippen LogP contribution in [0.2, 0.25) is 0 Å². The summed E-state index contributed by atoms with van der Waals surface area (Å²) in [5.74, 6) is -0.962. The van der Waals surface area contributed by atoms with Crippen LogP contribution in [0.1, 0.15) is 22.8 Å². The zero-order valence-electron chi connectivity index (χ0n) is 12.3. The van der Waals surface area contributed by atoms with Crippen molar-refractivity contribution >= 4 is 39.8 Å². The molecule has 1 aromatic carbocycles. The Morgan fingerprint density at radius 2 is 1.95 bits per heavy atom. The van der Waals surface area contributed by atoms with E-state index in [4.69, 9.17) is 16.3 Å². The number of thiophene rings is 1. The number of esters is 1. The van der Waals surface area contributed by atoms with Crippen molar-refractivity contribution in [3.63, 3.8) is 0 Å². The van der Waals surface area contributed by atoms with Crippen molar-refractivity contribution in [1.82, 2.24) is 0 Å². The summed E-state index contributed by atoms with van der Waals surface area (Å²) in [4.78, 5) is 24.7. The molecule has 0 radical (unpaired) electrons. The Balaban J connectivity index is 2.51. The van der Waals surface area contributed by atoms with Crippen LogP contribution < -0.4 is 5.32 Å². The van der Waals surface area contributed by atoms with Crippen LogP contribution in [0.3, 0.4) is 0 Å². The number of hydrogen-bond donors (Lipinski definition) is 1. The Hall–Kier alpha value is -1.85. The fraction of sp³-hybridized carbons (Fsp3) is 0.250. The molecule has 1 N–H and O–H groups in total. The van der Waals surface area contributed by atoms with E-state index >= 15 is 0 Å². The molecule has 0 fully saturated rings. The molecule has 116 valence electrons. The molecule has 0 spiro atoms. The first kappa shape index (κ1) is 16.5. The van der Waals surface area contributed by atoms with Gasteiger partial charge in [0.05, 0.1) is 12.2 Å². The van der Waals surface area contributed by atoms with Crippen LogP contribution in [-0.4, -0.2) is 24.4 Å². The monoisotopic (exact) mass is 337 g/mol. The van der Waals surface area contributed by atoms with Crippen LogP contribution in [0.5, 0.6) is 0 Å². The lowest BCUT2D eigenvalue weighted by Crippen LogP contribution is -2.15. The van der Waals surface area contributed by atoms with Gasteiger partial charge in [-0.15, -0.1) is 22.9 Å². The quantitative estimate of drug-likeness (QED) is 0.660. The second-order valence-corrected chi connectivity index (χ2v) is 5.82. The summed E-state index contributed by atoms with van der Waals surface area (Å²) in [6.45, 7) is 3.87. The van der Waals surface area contributed by atoms with Gasteiger partial charge in [-0.2, -0.15) is 0 Å². The molecule has 4 nitrogen and oxygen atoms in total. The highest BCUT2D eigenvalue weighted by molar-refractivity contribution is 7.20. The van der Waals surface area contributed by atoms with E-state index in [0.29, 0.717) is 10.6 Å². The molecule has 0 saturated carbocycles. The lowest BCUT2D eigenvalue weighted by atomic mass is 10.1. The first-order valence-corrected chi connectivity index (χ1v) is 8.15. The average molecular weight is 338 g/mol. The van der Waals surface area contributed by atoms with E-state index in [1.165, 1.54) is 11.3 Å². The molecule has 0 atom stereocenters. The Labute approximate surface area is 138 Å². The normalized spacial score (nSPS) is 10.3. The average Bonchev–Trinajstić information content (AvgIpc) is 2.84. The molecular weight excluding hydrogens is 322 g/mol. The van der Waals surface area contributed by atoms with Gasteiger partial charge in [0.15, 0.2) is 0 Å². The number of anilines is 1. The predicted octanol–water partition coefficient (Wildman–Crippen LogP) is 4.08. The molecule has 1 amide bonds. The van der Waals surface area contributed by atoms with Gasteiger partial charge in [-0.1, -0.05) is 30.3 Å². The van der Waals surface area contributed by atoms with Crippen LogP contribution in [0.25, 0.3) is 10.4 Å². The van der Waals surface area contributed by atoms with Gasteiger partial charge in [0.25, 0.3) is 0 Å². The van der Waals surface area contributed by atoms with Crippen molar-refractivity contribution in [3.8, 4) is 10.4 Å². The van der Waals surface area contributed by atoms with E-state index < -0.39 is 5.97 Å². The first-order chi connectivity index (χ1) is 10.6. The third-order valence-electron chi connectivity index (χ3n) is 3.04. The molecule has 0 aliphatic rings. The van der Waals surface area contributed by atoms with E-state index in [1.54, 1.807) is 6.92 Å². The molecule has 6 heteroatoms. The number of rotatable bonds is 5. The molecular formula is C16H16ClNO3S. The Morgan fingerprint density at radius 1 is 1.27 bits per heavy atom. The van der Waals surface area contributed by atoms with Crippen LogP contribution in [-0.2, 0) is 9.53 Å². The molecule has 0 bridgehead atoms. The van der Waals surface area contributed by atoms with Crippen LogP contribution in [0, 0.1) is 6.92 Å². The van der Waals surface area contributed by atoms with Crippen LogP contribution >= 0.6 is 22.9 Å². The smallest absolute Gasteiger partial charge is 0.341 e. The number of nitrogens with one attached hydrogen (secondary N) is 1. The number of ether oxygens (including phenoxy) is 1. The van der Waals surface area contributed by atoms with Crippen molar-refractivity contribution in [1.29, 1.82) is 0 Å². The Kier molecular flexibility index (Phi) is 5.57. The number of halogens is 1. The summed E-state index contributed by atoms with van der Waals surface area (Å²) < 4.78 is 5.10. The molecule has 0 unspecified atom stereocenters. The summed E-state index contributed by atoms with van der Waals surface area (Å²) in [7, 11) is 0. The van der Waals surface area contributed by atoms with Crippen molar-refractivity contribution < 1.29 is 14.3 Å². The third-order valence-corrected chi connectivity index (χ3v) is 4.54. The highest BCUT2D eigenvalue weighted by atomic mass is 35.5. The summed E-state index contributed by atoms with van der Waals surface area (Å²) in [6, 6.07) is 9.70. The highest BCUT2D eigenvalue weighted by Gasteiger charge is 2.23. The molecule has 2 aromatic rings. The van der Waals surface area contributed by atoms with Gasteiger partial charge in [-0.3, -0.25) is 4.79 Å². The van der Waals surface area contributed by atoms with Crippen LogP contribution in [0.15, 0.2) is 30.3 Å². The molecule has 22 heavy (non-hydrogen) atoms. The van der Waals surface area contributed by atoms with Gasteiger partial charge < -0.3 is 10.1 Å². The van der Waals surface area contributed by atoms with E-state index in [1.807, 2.05) is 37.3 Å². The van der Waals surface area contributed by atoms with Crippen molar-refractivity contribution in [2.24, 2.45) is 0 Å². The number of hydrogen-bond acceptors (Lipinski definition) is 4. The summed E-state index contributed by atoms with van der Waals surface area (Å²) in [5.41, 5.74) is 2.17. The third kappa shape index (κ3) is 3.48. The van der Waals surface area contributed by atoms with E-state index in [-0.39, 0.29) is 18.4 Å². The maximum absolute atomic E-state index is 12.2. The molecule has 0 aliphatic heterocycles. The molecule has 1 aromatic heterocycles. The van der Waals surface area contributed by atoms with Crippen LogP contribution in [0.4, 0.5) is 5.00 Å². The van der Waals surface area contributed by atoms with Gasteiger partial charge in [0.2, 0.25) is 5.91 Å². The second-order valence-electron chi connectivity index (χ2n) is 4.53. The van der Waals surface area contributed by atoms with Crippen molar-refractivity contribution in [3.05, 3.63) is 41.5 Å². The van der Waals surface area contributed by atoms with E-state index in [9.17, 15) is 9.59 Å². The highest BCUT2D eigenvalue weighted by Crippen LogP contribution is 2.40.